The summed E-state index contributed by atoms with van der Waals surface area (Å²) in [5.41, 5.74) is 4.05. The first-order chi connectivity index (χ1) is 12.0. The Bertz CT molecular complexity index is 1100. The number of aryl methyl sites for hydroxylation is 1. The Morgan fingerprint density at radius 1 is 1.20 bits per heavy atom. The molecule has 1 N–H and O–H groups in total. The molecule has 25 heavy (non-hydrogen) atoms. The Hall–Kier alpha value is -3.12. The number of nitro benzene ring substituents is 1. The van der Waals surface area contributed by atoms with E-state index in [2.05, 4.69) is 9.97 Å². The van der Waals surface area contributed by atoms with Crippen LogP contribution >= 0.6 is 11.6 Å². The number of H-pyrrole nitrogens is 1. The molecule has 0 unspecified atom stereocenters. The summed E-state index contributed by atoms with van der Waals surface area (Å²) in [6, 6.07) is 12.4. The highest BCUT2D eigenvalue weighted by molar-refractivity contribution is 6.30. The van der Waals surface area contributed by atoms with Crippen molar-refractivity contribution >= 4 is 28.2 Å². The minimum absolute atomic E-state index is 0.0369. The van der Waals surface area contributed by atoms with Crippen molar-refractivity contribution < 1.29 is 4.92 Å². The van der Waals surface area contributed by atoms with Gasteiger partial charge in [0.1, 0.15) is 0 Å². The predicted octanol–water partition coefficient (Wildman–Crippen LogP) is 4.80. The highest BCUT2D eigenvalue weighted by atomic mass is 35.5. The molecule has 2 heterocycles. The number of fused-ring (bicyclic) bond motifs is 1. The van der Waals surface area contributed by atoms with E-state index in [9.17, 15) is 10.1 Å². The molecular formula is C18H13ClN4O2. The van der Waals surface area contributed by atoms with Crippen LogP contribution in [0.5, 0.6) is 0 Å². The molecule has 124 valence electrons. The molecule has 0 aliphatic rings. The summed E-state index contributed by atoms with van der Waals surface area (Å²) in [5.74, 6) is 0. The predicted molar refractivity (Wildman–Crippen MR) is 97.6 cm³/mol. The Labute approximate surface area is 147 Å². The smallest absolute Gasteiger partial charge is 0.270 e. The lowest BCUT2D eigenvalue weighted by Crippen LogP contribution is -1.90. The normalized spacial score (nSPS) is 11.1. The zero-order chi connectivity index (χ0) is 17.6. The van der Waals surface area contributed by atoms with Crippen LogP contribution in [-0.2, 0) is 7.05 Å². The van der Waals surface area contributed by atoms with Gasteiger partial charge in [0.2, 0.25) is 0 Å². The summed E-state index contributed by atoms with van der Waals surface area (Å²) in [6.07, 6.45) is 3.50. The van der Waals surface area contributed by atoms with Gasteiger partial charge in [0.05, 0.1) is 22.5 Å². The second-order valence-electron chi connectivity index (χ2n) is 5.83. The summed E-state index contributed by atoms with van der Waals surface area (Å²) in [5, 5.41) is 12.7. The van der Waals surface area contributed by atoms with Crippen molar-refractivity contribution in [3.8, 4) is 22.5 Å². The molecule has 2 aromatic carbocycles. The van der Waals surface area contributed by atoms with E-state index in [4.69, 9.17) is 11.6 Å². The quantitative estimate of drug-likeness (QED) is 0.425. The summed E-state index contributed by atoms with van der Waals surface area (Å²) >= 11 is 5.95. The van der Waals surface area contributed by atoms with Crippen molar-refractivity contribution in [3.05, 3.63) is 70.1 Å². The standard InChI is InChI=1S/C18H13ClN4O2/c1-22-9-17(20-10-22)15-8-14(23(24)25)6-12-7-16(21-18(12)15)11-2-4-13(19)5-3-11/h2-10,21H,1H3. The van der Waals surface area contributed by atoms with Crippen LogP contribution in [0.4, 0.5) is 5.69 Å². The number of hydrogen-bond acceptors (Lipinski definition) is 3. The van der Waals surface area contributed by atoms with Gasteiger partial charge in [-0.1, -0.05) is 23.7 Å². The Morgan fingerprint density at radius 2 is 1.96 bits per heavy atom. The number of nitrogens with one attached hydrogen (secondary N) is 1. The van der Waals surface area contributed by atoms with Crippen LogP contribution in [0.25, 0.3) is 33.4 Å². The van der Waals surface area contributed by atoms with E-state index in [1.54, 1.807) is 18.5 Å². The van der Waals surface area contributed by atoms with Crippen LogP contribution in [0.3, 0.4) is 0 Å². The van der Waals surface area contributed by atoms with Crippen molar-refractivity contribution in [3.63, 3.8) is 0 Å². The summed E-state index contributed by atoms with van der Waals surface area (Å²) in [6.45, 7) is 0. The van der Waals surface area contributed by atoms with Crippen LogP contribution in [0.15, 0.2) is 55.0 Å². The highest BCUT2D eigenvalue weighted by Gasteiger charge is 2.17. The van der Waals surface area contributed by atoms with E-state index in [0.29, 0.717) is 16.3 Å². The van der Waals surface area contributed by atoms with Crippen LogP contribution < -0.4 is 0 Å². The molecule has 0 saturated heterocycles. The Balaban J connectivity index is 1.96. The number of nitro groups is 1. The van der Waals surface area contributed by atoms with E-state index in [1.165, 1.54) is 0 Å². The van der Waals surface area contributed by atoms with Gasteiger partial charge < -0.3 is 9.55 Å². The first-order valence-corrected chi connectivity index (χ1v) is 7.94. The second kappa shape index (κ2) is 5.75. The first-order valence-electron chi connectivity index (χ1n) is 7.57. The van der Waals surface area contributed by atoms with E-state index >= 15 is 0 Å². The van der Waals surface area contributed by atoms with Crippen LogP contribution in [0.2, 0.25) is 5.02 Å². The topological polar surface area (TPSA) is 76.8 Å². The molecule has 0 spiro atoms. The number of aromatic nitrogens is 3. The second-order valence-corrected chi connectivity index (χ2v) is 6.27. The van der Waals surface area contributed by atoms with E-state index in [-0.39, 0.29) is 10.6 Å². The third kappa shape index (κ3) is 2.77. The average molecular weight is 353 g/mol. The average Bonchev–Trinajstić information content (AvgIpc) is 3.20. The van der Waals surface area contributed by atoms with Gasteiger partial charge in [0.15, 0.2) is 0 Å². The van der Waals surface area contributed by atoms with Crippen molar-refractivity contribution in [1.82, 2.24) is 14.5 Å². The van der Waals surface area contributed by atoms with Gasteiger partial charge in [0, 0.05) is 47.0 Å². The molecule has 0 atom stereocenters. The first kappa shape index (κ1) is 15.4. The third-order valence-corrected chi connectivity index (χ3v) is 4.31. The fourth-order valence-electron chi connectivity index (χ4n) is 2.87. The fourth-order valence-corrected chi connectivity index (χ4v) is 3.00. The molecule has 0 aliphatic heterocycles. The molecule has 0 saturated carbocycles. The lowest BCUT2D eigenvalue weighted by atomic mass is 10.1. The van der Waals surface area contributed by atoms with Gasteiger partial charge in [-0.3, -0.25) is 10.1 Å². The van der Waals surface area contributed by atoms with Gasteiger partial charge in [-0.05, 0) is 23.8 Å². The SMILES string of the molecule is Cn1cnc(-c2cc([N+](=O)[O-])cc3cc(-c4ccc(Cl)cc4)[nH]c23)c1. The molecule has 6 nitrogen and oxygen atoms in total. The molecule has 0 amide bonds. The summed E-state index contributed by atoms with van der Waals surface area (Å²) in [4.78, 5) is 18.6. The van der Waals surface area contributed by atoms with Gasteiger partial charge in [-0.2, -0.15) is 0 Å². The number of rotatable bonds is 3. The lowest BCUT2D eigenvalue weighted by molar-refractivity contribution is -0.384. The van der Waals surface area contributed by atoms with Gasteiger partial charge in [-0.15, -0.1) is 0 Å². The van der Waals surface area contributed by atoms with Crippen molar-refractivity contribution in [2.24, 2.45) is 7.05 Å². The molecular weight excluding hydrogens is 340 g/mol. The number of imidazole rings is 1. The number of non-ortho nitro benzene ring substituents is 1. The summed E-state index contributed by atoms with van der Waals surface area (Å²) in [7, 11) is 1.86. The van der Waals surface area contributed by atoms with E-state index < -0.39 is 0 Å². The molecule has 4 rings (SSSR count). The number of hydrogen-bond donors (Lipinski definition) is 1. The minimum Gasteiger partial charge on any atom is -0.354 e. The van der Waals surface area contributed by atoms with Crippen molar-refractivity contribution in [1.29, 1.82) is 0 Å². The van der Waals surface area contributed by atoms with Crippen LogP contribution in [-0.4, -0.2) is 19.5 Å². The maximum Gasteiger partial charge on any atom is 0.270 e. The maximum atomic E-state index is 11.3. The zero-order valence-corrected chi connectivity index (χ0v) is 14.0. The molecule has 7 heteroatoms. The van der Waals surface area contributed by atoms with Crippen LogP contribution in [0.1, 0.15) is 0 Å². The zero-order valence-electron chi connectivity index (χ0n) is 13.2. The molecule has 0 fully saturated rings. The number of benzene rings is 2. The van der Waals surface area contributed by atoms with Gasteiger partial charge in [0.25, 0.3) is 5.69 Å². The van der Waals surface area contributed by atoms with Crippen molar-refractivity contribution in [2.45, 2.75) is 0 Å². The highest BCUT2D eigenvalue weighted by Crippen LogP contribution is 2.34. The number of halogens is 1. The Morgan fingerprint density at radius 3 is 2.60 bits per heavy atom. The monoisotopic (exact) mass is 352 g/mol. The van der Waals surface area contributed by atoms with Gasteiger partial charge >= 0.3 is 0 Å². The minimum atomic E-state index is -0.388. The molecule has 0 bridgehead atoms. The fraction of sp³-hybridized carbons (Fsp3) is 0.0556. The maximum absolute atomic E-state index is 11.3. The molecule has 2 aromatic heterocycles. The van der Waals surface area contributed by atoms with Gasteiger partial charge in [-0.25, -0.2) is 4.98 Å². The van der Waals surface area contributed by atoms with E-state index in [1.807, 2.05) is 48.1 Å². The van der Waals surface area contributed by atoms with Crippen molar-refractivity contribution in [2.75, 3.05) is 0 Å². The molecule has 0 aliphatic carbocycles. The number of aromatic amines is 1. The molecule has 0 radical (unpaired) electrons. The lowest BCUT2D eigenvalue weighted by Gasteiger charge is -2.01. The third-order valence-electron chi connectivity index (χ3n) is 4.06. The number of nitrogens with zero attached hydrogens (tertiary/aromatic N) is 3. The van der Waals surface area contributed by atoms with Crippen LogP contribution in [0, 0.1) is 10.1 Å². The largest absolute Gasteiger partial charge is 0.354 e. The van der Waals surface area contributed by atoms with E-state index in [0.717, 1.165) is 22.2 Å². The summed E-state index contributed by atoms with van der Waals surface area (Å²) < 4.78 is 1.81. The molecule has 4 aromatic rings. The Kier molecular flexibility index (Phi) is 3.54.